The van der Waals surface area contributed by atoms with E-state index in [1.165, 1.54) is 38.4 Å². The molecule has 0 saturated carbocycles. The van der Waals surface area contributed by atoms with Crippen LogP contribution in [0.3, 0.4) is 0 Å². The van der Waals surface area contributed by atoms with Crippen molar-refractivity contribution >= 4 is 17.7 Å². The van der Waals surface area contributed by atoms with Crippen molar-refractivity contribution in [2.75, 3.05) is 7.11 Å². The molecule has 0 fully saturated rings. The summed E-state index contributed by atoms with van der Waals surface area (Å²) in [5.74, 6) is -0.925. The van der Waals surface area contributed by atoms with E-state index in [0.717, 1.165) is 5.56 Å². The number of aromatic nitrogens is 1. The highest BCUT2D eigenvalue weighted by atomic mass is 16.6. The van der Waals surface area contributed by atoms with Crippen LogP contribution >= 0.6 is 0 Å². The quantitative estimate of drug-likeness (QED) is 0.274. The minimum Gasteiger partial charge on any atom is -0.487 e. The number of benzene rings is 2. The SMILES string of the molecule is COC(=O)c1ccc(OC(C)C(=O)c2ccc(OCc3ccccc3)cn2)c(OC(C)=O)c1. The Morgan fingerprint density at radius 2 is 1.73 bits per heavy atom. The molecule has 2 aromatic carbocycles. The van der Waals surface area contributed by atoms with Crippen LogP contribution in [0.25, 0.3) is 0 Å². The molecule has 8 heteroatoms. The number of ketones is 1. The first kappa shape index (κ1) is 23.5. The van der Waals surface area contributed by atoms with Crippen LogP contribution < -0.4 is 14.2 Å². The normalized spacial score (nSPS) is 11.2. The lowest BCUT2D eigenvalue weighted by atomic mass is 10.1. The summed E-state index contributed by atoms with van der Waals surface area (Å²) >= 11 is 0. The van der Waals surface area contributed by atoms with Gasteiger partial charge in [-0.05, 0) is 42.8 Å². The van der Waals surface area contributed by atoms with E-state index in [0.29, 0.717) is 12.4 Å². The molecule has 33 heavy (non-hydrogen) atoms. The molecule has 1 aromatic heterocycles. The minimum absolute atomic E-state index is 0.00247. The molecule has 0 N–H and O–H groups in total. The molecule has 0 aliphatic carbocycles. The Labute approximate surface area is 191 Å². The Morgan fingerprint density at radius 1 is 0.970 bits per heavy atom. The molecule has 0 saturated heterocycles. The van der Waals surface area contributed by atoms with Crippen LogP contribution in [0.4, 0.5) is 0 Å². The Hall–Kier alpha value is -4.20. The monoisotopic (exact) mass is 449 g/mol. The summed E-state index contributed by atoms with van der Waals surface area (Å²) < 4.78 is 21.2. The Balaban J connectivity index is 1.68. The predicted octanol–water partition coefficient (Wildman–Crippen LogP) is 4.02. The Morgan fingerprint density at radius 3 is 2.36 bits per heavy atom. The maximum absolute atomic E-state index is 12.8. The highest BCUT2D eigenvalue weighted by Crippen LogP contribution is 2.30. The fraction of sp³-hybridized carbons (Fsp3) is 0.200. The Kier molecular flexibility index (Phi) is 7.75. The molecular weight excluding hydrogens is 426 g/mol. The summed E-state index contributed by atoms with van der Waals surface area (Å²) in [6.45, 7) is 3.15. The van der Waals surface area contributed by atoms with Crippen LogP contribution in [0.5, 0.6) is 17.2 Å². The van der Waals surface area contributed by atoms with E-state index in [-0.39, 0.29) is 28.5 Å². The third-order valence-corrected chi connectivity index (χ3v) is 4.53. The van der Waals surface area contributed by atoms with Gasteiger partial charge in [0, 0.05) is 6.92 Å². The second-order valence-corrected chi connectivity index (χ2v) is 7.02. The molecule has 1 unspecified atom stereocenters. The zero-order chi connectivity index (χ0) is 23.8. The van der Waals surface area contributed by atoms with Crippen LogP contribution in [0.15, 0.2) is 66.9 Å². The first-order chi connectivity index (χ1) is 15.9. The summed E-state index contributed by atoms with van der Waals surface area (Å²) in [6.07, 6.45) is 0.532. The third kappa shape index (κ3) is 6.39. The van der Waals surface area contributed by atoms with Crippen molar-refractivity contribution in [2.24, 2.45) is 0 Å². The van der Waals surface area contributed by atoms with Gasteiger partial charge in [0.05, 0.1) is 18.9 Å². The van der Waals surface area contributed by atoms with Crippen LogP contribution in [0, 0.1) is 0 Å². The summed E-state index contributed by atoms with van der Waals surface area (Å²) in [5, 5.41) is 0. The van der Waals surface area contributed by atoms with E-state index in [1.54, 1.807) is 19.1 Å². The standard InChI is InChI=1S/C25H23NO7/c1-16(32-22-12-9-19(25(29)30-3)13-23(22)33-17(2)27)24(28)21-11-10-20(14-26-21)31-15-18-7-5-4-6-8-18/h4-14,16H,15H2,1-3H3. The van der Waals surface area contributed by atoms with Crippen LogP contribution in [-0.2, 0) is 16.1 Å². The number of ether oxygens (including phenoxy) is 4. The second-order valence-electron chi connectivity index (χ2n) is 7.02. The first-order valence-electron chi connectivity index (χ1n) is 10.1. The molecule has 0 spiro atoms. The summed E-state index contributed by atoms with van der Waals surface area (Å²) in [7, 11) is 1.24. The van der Waals surface area contributed by atoms with Crippen molar-refractivity contribution in [1.29, 1.82) is 0 Å². The first-order valence-corrected chi connectivity index (χ1v) is 10.1. The van der Waals surface area contributed by atoms with Crippen molar-refractivity contribution in [3.05, 3.63) is 83.7 Å². The van der Waals surface area contributed by atoms with Crippen molar-refractivity contribution < 1.29 is 33.3 Å². The van der Waals surface area contributed by atoms with Gasteiger partial charge in [0.1, 0.15) is 18.1 Å². The number of hydrogen-bond donors (Lipinski definition) is 0. The number of hydrogen-bond acceptors (Lipinski definition) is 8. The molecular formula is C25H23NO7. The molecule has 170 valence electrons. The lowest BCUT2D eigenvalue weighted by Gasteiger charge is -2.16. The Bertz CT molecular complexity index is 1130. The zero-order valence-electron chi connectivity index (χ0n) is 18.4. The largest absolute Gasteiger partial charge is 0.487 e. The molecule has 8 nitrogen and oxygen atoms in total. The van der Waals surface area contributed by atoms with Gasteiger partial charge in [0.25, 0.3) is 0 Å². The van der Waals surface area contributed by atoms with Crippen molar-refractivity contribution in [1.82, 2.24) is 4.98 Å². The van der Waals surface area contributed by atoms with Gasteiger partial charge in [-0.2, -0.15) is 0 Å². The van der Waals surface area contributed by atoms with Gasteiger partial charge in [-0.3, -0.25) is 9.59 Å². The van der Waals surface area contributed by atoms with E-state index in [2.05, 4.69) is 9.72 Å². The number of nitrogens with zero attached hydrogens (tertiary/aromatic N) is 1. The number of carbonyl (C=O) groups is 3. The van der Waals surface area contributed by atoms with Gasteiger partial charge in [-0.15, -0.1) is 0 Å². The van der Waals surface area contributed by atoms with Gasteiger partial charge in [0.15, 0.2) is 17.6 Å². The zero-order valence-corrected chi connectivity index (χ0v) is 18.4. The highest BCUT2D eigenvalue weighted by molar-refractivity contribution is 5.97. The van der Waals surface area contributed by atoms with E-state index >= 15 is 0 Å². The number of carbonyl (C=O) groups excluding carboxylic acids is 3. The second kappa shape index (κ2) is 10.9. The molecule has 0 aliphatic heterocycles. The highest BCUT2D eigenvalue weighted by Gasteiger charge is 2.21. The fourth-order valence-corrected chi connectivity index (χ4v) is 2.89. The summed E-state index contributed by atoms with van der Waals surface area (Å²) in [6, 6.07) is 17.1. The molecule has 1 heterocycles. The molecule has 0 radical (unpaired) electrons. The number of Topliss-reactive ketones (excluding diaryl/α,β-unsaturated/α-hetero) is 1. The van der Waals surface area contributed by atoms with Gasteiger partial charge >= 0.3 is 11.9 Å². The molecule has 3 aromatic rings. The predicted molar refractivity (Wildman–Crippen MR) is 119 cm³/mol. The maximum atomic E-state index is 12.8. The molecule has 3 rings (SSSR count). The summed E-state index contributed by atoms with van der Waals surface area (Å²) in [4.78, 5) is 40.2. The van der Waals surface area contributed by atoms with Crippen LogP contribution in [-0.4, -0.2) is 35.9 Å². The number of pyridine rings is 1. The van der Waals surface area contributed by atoms with Crippen LogP contribution in [0.1, 0.15) is 40.3 Å². The molecule has 0 amide bonds. The topological polar surface area (TPSA) is 101 Å². The average molecular weight is 449 g/mol. The molecule has 0 aliphatic rings. The fourth-order valence-electron chi connectivity index (χ4n) is 2.89. The summed E-state index contributed by atoms with van der Waals surface area (Å²) in [5.41, 5.74) is 1.38. The van der Waals surface area contributed by atoms with Gasteiger partial charge in [-0.25, -0.2) is 9.78 Å². The number of methoxy groups -OCH3 is 1. The van der Waals surface area contributed by atoms with E-state index < -0.39 is 18.0 Å². The van der Waals surface area contributed by atoms with Crippen molar-refractivity contribution in [3.8, 4) is 17.2 Å². The number of esters is 2. The number of rotatable bonds is 9. The molecule has 1 atom stereocenters. The average Bonchev–Trinajstić information content (AvgIpc) is 2.83. The third-order valence-electron chi connectivity index (χ3n) is 4.53. The van der Waals surface area contributed by atoms with E-state index in [9.17, 15) is 14.4 Å². The lowest BCUT2D eigenvalue weighted by molar-refractivity contribution is -0.132. The van der Waals surface area contributed by atoms with E-state index in [1.807, 2.05) is 30.3 Å². The lowest BCUT2D eigenvalue weighted by Crippen LogP contribution is -2.25. The van der Waals surface area contributed by atoms with Crippen LogP contribution in [0.2, 0.25) is 0 Å². The molecule has 0 bridgehead atoms. The van der Waals surface area contributed by atoms with Crippen molar-refractivity contribution in [2.45, 2.75) is 26.6 Å². The van der Waals surface area contributed by atoms with E-state index in [4.69, 9.17) is 14.2 Å². The minimum atomic E-state index is -0.938. The van der Waals surface area contributed by atoms with Gasteiger partial charge < -0.3 is 18.9 Å². The van der Waals surface area contributed by atoms with Gasteiger partial charge in [0.2, 0.25) is 5.78 Å². The van der Waals surface area contributed by atoms with Crippen molar-refractivity contribution in [3.63, 3.8) is 0 Å². The van der Waals surface area contributed by atoms with Gasteiger partial charge in [-0.1, -0.05) is 30.3 Å². The smallest absolute Gasteiger partial charge is 0.337 e. The maximum Gasteiger partial charge on any atom is 0.337 e.